The Bertz CT molecular complexity index is 1110. The van der Waals surface area contributed by atoms with E-state index in [2.05, 4.69) is 30.8 Å². The molecule has 6 nitrogen and oxygen atoms in total. The fraction of sp³-hybridized carbons (Fsp3) is 0.0526. The number of nitrogens with zero attached hydrogens (tertiary/aromatic N) is 4. The summed E-state index contributed by atoms with van der Waals surface area (Å²) in [6.07, 6.45) is -1.31. The molecule has 28 heavy (non-hydrogen) atoms. The van der Waals surface area contributed by atoms with E-state index in [-0.39, 0.29) is 5.95 Å². The molecule has 0 aliphatic carbocycles. The first-order valence-corrected chi connectivity index (χ1v) is 8.24. The summed E-state index contributed by atoms with van der Waals surface area (Å²) >= 11 is 0. The van der Waals surface area contributed by atoms with E-state index >= 15 is 0 Å². The Morgan fingerprint density at radius 1 is 0.857 bits per heavy atom. The highest BCUT2D eigenvalue weighted by atomic mass is 19.4. The van der Waals surface area contributed by atoms with Crippen LogP contribution in [0.3, 0.4) is 0 Å². The van der Waals surface area contributed by atoms with Crippen LogP contribution in [0.2, 0.25) is 0 Å². The summed E-state index contributed by atoms with van der Waals surface area (Å²) in [6, 6.07) is 14.1. The number of aromatic nitrogens is 4. The van der Waals surface area contributed by atoms with Crippen LogP contribution in [0.15, 0.2) is 67.0 Å². The summed E-state index contributed by atoms with van der Waals surface area (Å²) in [7, 11) is 0. The standard InChI is InChI=1S/C19H13F3N6/c20-19(21,22)13-6-8-14(9-7-13)25-16-11-24-28-18(27-16)26-15-5-1-3-12-4-2-10-23-17(12)15/h1-11H,(H2,25,26,27,28). The van der Waals surface area contributed by atoms with Gasteiger partial charge in [0, 0.05) is 17.3 Å². The fourth-order valence-electron chi connectivity index (χ4n) is 2.63. The molecule has 2 N–H and O–H groups in total. The van der Waals surface area contributed by atoms with Gasteiger partial charge in [-0.1, -0.05) is 18.2 Å². The lowest BCUT2D eigenvalue weighted by atomic mass is 10.2. The van der Waals surface area contributed by atoms with Gasteiger partial charge in [-0.2, -0.15) is 23.3 Å². The second-order valence-electron chi connectivity index (χ2n) is 5.87. The molecule has 0 saturated heterocycles. The van der Waals surface area contributed by atoms with E-state index in [1.54, 1.807) is 6.20 Å². The average molecular weight is 382 g/mol. The summed E-state index contributed by atoms with van der Waals surface area (Å²) in [4.78, 5) is 8.65. The molecular formula is C19H13F3N6. The quantitative estimate of drug-likeness (QED) is 0.521. The minimum atomic E-state index is -4.38. The van der Waals surface area contributed by atoms with Gasteiger partial charge in [-0.05, 0) is 36.4 Å². The molecule has 0 unspecified atom stereocenters. The van der Waals surface area contributed by atoms with E-state index in [0.29, 0.717) is 17.2 Å². The average Bonchev–Trinajstić information content (AvgIpc) is 2.68. The third kappa shape index (κ3) is 3.83. The van der Waals surface area contributed by atoms with Crippen molar-refractivity contribution < 1.29 is 13.2 Å². The molecule has 2 aromatic heterocycles. The molecule has 2 aromatic carbocycles. The number of para-hydroxylation sites is 1. The third-order valence-electron chi connectivity index (χ3n) is 3.92. The van der Waals surface area contributed by atoms with Crippen LogP contribution in [0.5, 0.6) is 0 Å². The molecule has 4 rings (SSSR count). The van der Waals surface area contributed by atoms with Crippen LogP contribution >= 0.6 is 0 Å². The van der Waals surface area contributed by atoms with Gasteiger partial charge in [-0.15, -0.1) is 5.10 Å². The summed E-state index contributed by atoms with van der Waals surface area (Å²) in [5.41, 5.74) is 1.21. The molecule has 9 heteroatoms. The van der Waals surface area contributed by atoms with Crippen LogP contribution in [0, 0.1) is 0 Å². The zero-order valence-electron chi connectivity index (χ0n) is 14.3. The fourth-order valence-corrected chi connectivity index (χ4v) is 2.63. The minimum Gasteiger partial charge on any atom is -0.339 e. The Kier molecular flexibility index (Phi) is 4.48. The SMILES string of the molecule is FC(F)(F)c1ccc(Nc2cnnc(Nc3cccc4cccnc34)n2)cc1. The molecule has 0 atom stereocenters. The van der Waals surface area contributed by atoms with Crippen molar-refractivity contribution in [3.8, 4) is 0 Å². The van der Waals surface area contributed by atoms with Gasteiger partial charge < -0.3 is 10.6 Å². The van der Waals surface area contributed by atoms with Crippen LogP contribution in [-0.2, 0) is 6.18 Å². The van der Waals surface area contributed by atoms with Gasteiger partial charge in [0.15, 0.2) is 5.82 Å². The number of alkyl halides is 3. The zero-order valence-corrected chi connectivity index (χ0v) is 14.3. The lowest BCUT2D eigenvalue weighted by Crippen LogP contribution is -2.05. The van der Waals surface area contributed by atoms with E-state index in [4.69, 9.17) is 0 Å². The van der Waals surface area contributed by atoms with Crippen molar-refractivity contribution in [2.45, 2.75) is 6.18 Å². The highest BCUT2D eigenvalue weighted by molar-refractivity contribution is 5.91. The summed E-state index contributed by atoms with van der Waals surface area (Å²) in [5.74, 6) is 0.570. The van der Waals surface area contributed by atoms with Crippen LogP contribution < -0.4 is 10.6 Å². The number of hydrogen-bond donors (Lipinski definition) is 2. The van der Waals surface area contributed by atoms with Gasteiger partial charge in [-0.25, -0.2) is 0 Å². The first kappa shape index (κ1) is 17.7. The van der Waals surface area contributed by atoms with Crippen molar-refractivity contribution in [3.63, 3.8) is 0 Å². The number of hydrogen-bond acceptors (Lipinski definition) is 6. The number of benzene rings is 2. The third-order valence-corrected chi connectivity index (χ3v) is 3.92. The van der Waals surface area contributed by atoms with Gasteiger partial charge in [0.05, 0.1) is 23.0 Å². The van der Waals surface area contributed by atoms with Crippen LogP contribution in [0.25, 0.3) is 10.9 Å². The summed E-state index contributed by atoms with van der Waals surface area (Å²) in [5, 5.41) is 14.7. The highest BCUT2D eigenvalue weighted by Crippen LogP contribution is 2.30. The Hall–Kier alpha value is -3.75. The van der Waals surface area contributed by atoms with Crippen molar-refractivity contribution in [1.82, 2.24) is 20.2 Å². The molecule has 0 fully saturated rings. The smallest absolute Gasteiger partial charge is 0.339 e. The number of pyridine rings is 1. The summed E-state index contributed by atoms with van der Waals surface area (Å²) < 4.78 is 38.0. The maximum absolute atomic E-state index is 12.7. The van der Waals surface area contributed by atoms with Crippen molar-refractivity contribution >= 4 is 34.0 Å². The van der Waals surface area contributed by atoms with E-state index in [9.17, 15) is 13.2 Å². The van der Waals surface area contributed by atoms with E-state index < -0.39 is 11.7 Å². The Labute approximate surface area is 157 Å². The van der Waals surface area contributed by atoms with Gasteiger partial charge in [-0.3, -0.25) is 4.98 Å². The van der Waals surface area contributed by atoms with Gasteiger partial charge >= 0.3 is 6.18 Å². The van der Waals surface area contributed by atoms with Crippen molar-refractivity contribution in [2.24, 2.45) is 0 Å². The lowest BCUT2D eigenvalue weighted by Gasteiger charge is -2.10. The monoisotopic (exact) mass is 382 g/mol. The van der Waals surface area contributed by atoms with Gasteiger partial charge in [0.2, 0.25) is 5.95 Å². The van der Waals surface area contributed by atoms with Crippen molar-refractivity contribution in [1.29, 1.82) is 0 Å². The van der Waals surface area contributed by atoms with E-state index in [1.807, 2.05) is 30.3 Å². The predicted molar refractivity (Wildman–Crippen MR) is 99.6 cm³/mol. The lowest BCUT2D eigenvalue weighted by molar-refractivity contribution is -0.137. The van der Waals surface area contributed by atoms with Crippen LogP contribution in [0.4, 0.5) is 36.3 Å². The second kappa shape index (κ2) is 7.10. The van der Waals surface area contributed by atoms with Gasteiger partial charge in [0.25, 0.3) is 0 Å². The summed E-state index contributed by atoms with van der Waals surface area (Å²) in [6.45, 7) is 0. The molecule has 0 aliphatic heterocycles. The number of halogens is 3. The molecule has 0 spiro atoms. The molecule has 140 valence electrons. The Morgan fingerprint density at radius 3 is 2.43 bits per heavy atom. The van der Waals surface area contributed by atoms with E-state index in [1.165, 1.54) is 18.3 Å². The minimum absolute atomic E-state index is 0.232. The van der Waals surface area contributed by atoms with Crippen molar-refractivity contribution in [3.05, 3.63) is 72.6 Å². The van der Waals surface area contributed by atoms with Crippen LogP contribution in [0.1, 0.15) is 5.56 Å². The maximum Gasteiger partial charge on any atom is 0.416 e. The zero-order chi connectivity index (χ0) is 19.6. The number of nitrogens with one attached hydrogen (secondary N) is 2. The first-order chi connectivity index (χ1) is 13.5. The van der Waals surface area contributed by atoms with Gasteiger partial charge in [0.1, 0.15) is 0 Å². The second-order valence-corrected chi connectivity index (χ2v) is 5.87. The molecule has 0 saturated carbocycles. The molecular weight excluding hydrogens is 369 g/mol. The number of fused-ring (bicyclic) bond motifs is 1. The maximum atomic E-state index is 12.7. The van der Waals surface area contributed by atoms with Crippen molar-refractivity contribution in [2.75, 3.05) is 10.6 Å². The molecule has 0 radical (unpaired) electrons. The first-order valence-electron chi connectivity index (χ1n) is 8.24. The predicted octanol–water partition coefficient (Wildman–Crippen LogP) is 4.93. The Balaban J connectivity index is 1.55. The molecule has 0 bridgehead atoms. The topological polar surface area (TPSA) is 75.6 Å². The number of rotatable bonds is 4. The molecule has 0 aliphatic rings. The molecule has 0 amide bonds. The van der Waals surface area contributed by atoms with Crippen LogP contribution in [-0.4, -0.2) is 20.2 Å². The largest absolute Gasteiger partial charge is 0.416 e. The number of anilines is 4. The molecule has 4 aromatic rings. The normalized spacial score (nSPS) is 11.4. The molecule has 2 heterocycles. The Morgan fingerprint density at radius 2 is 1.64 bits per heavy atom. The van der Waals surface area contributed by atoms with E-state index in [0.717, 1.165) is 23.0 Å². The highest BCUT2D eigenvalue weighted by Gasteiger charge is 2.29.